The van der Waals surface area contributed by atoms with Crippen molar-refractivity contribution in [2.75, 3.05) is 13.2 Å². The molecule has 0 aromatic rings. The Hall–Kier alpha value is 0.253. The molecule has 1 fully saturated rings. The van der Waals surface area contributed by atoms with E-state index in [9.17, 15) is 4.79 Å². The third kappa shape index (κ3) is 2.02. The number of carbonyl (C=O) groups excluding carboxylic acids is 1. The Morgan fingerprint density at radius 1 is 1.62 bits per heavy atom. The molecular weight excluding hydrogens is 195 g/mol. The van der Waals surface area contributed by atoms with Gasteiger partial charge in [0.25, 0.3) is 0 Å². The first-order valence-corrected chi connectivity index (χ1v) is 2.39. The summed E-state index contributed by atoms with van der Waals surface area (Å²) < 4.78 is 4.89. The quantitative estimate of drug-likeness (QED) is 0.446. The number of hydrogen-bond donors (Lipinski definition) is 0. The summed E-state index contributed by atoms with van der Waals surface area (Å²) in [4.78, 5) is 9.80. The zero-order valence-corrected chi connectivity index (χ0v) is 5.99. The van der Waals surface area contributed by atoms with Gasteiger partial charge in [0.1, 0.15) is 0 Å². The molecule has 0 aromatic carbocycles. The maximum absolute atomic E-state index is 9.80. The van der Waals surface area contributed by atoms with Crippen LogP contribution in [0, 0.1) is 5.92 Å². The number of rotatable bonds is 1. The average molecular weight is 202 g/mol. The van der Waals surface area contributed by atoms with Crippen LogP contribution in [0.25, 0.3) is 0 Å². The second-order valence-corrected chi connectivity index (χ2v) is 1.68. The fraction of sp³-hybridized carbons (Fsp3) is 0.800. The Bertz CT molecular complexity index is 68.8. The van der Waals surface area contributed by atoms with Gasteiger partial charge in [-0.15, -0.1) is 5.92 Å². The molecule has 1 atom stereocenters. The van der Waals surface area contributed by atoms with Gasteiger partial charge in [-0.1, -0.05) is 0 Å². The molecule has 1 unspecified atom stereocenters. The Kier molecular flexibility index (Phi) is 4.30. The Morgan fingerprint density at radius 3 is 2.62 bits per heavy atom. The summed E-state index contributed by atoms with van der Waals surface area (Å²) in [5, 5.41) is 0. The minimum Gasteiger partial charge on any atom is -0.541 e. The van der Waals surface area contributed by atoms with Gasteiger partial charge in [-0.3, -0.25) is 6.29 Å². The number of ether oxygens (including phenoxy) is 1. The van der Waals surface area contributed by atoms with E-state index in [0.717, 1.165) is 13.0 Å². The average Bonchev–Trinajstić information content (AvgIpc) is 2.14. The Balaban J connectivity index is 0.000000490. The summed E-state index contributed by atoms with van der Waals surface area (Å²) in [5.74, 6) is 0.0694. The normalized spacial score (nSPS) is 26.8. The third-order valence-corrected chi connectivity index (χ3v) is 1.10. The third-order valence-electron chi connectivity index (χ3n) is 1.10. The molecule has 1 heterocycles. The van der Waals surface area contributed by atoms with Gasteiger partial charge >= 0.3 is 0 Å². The van der Waals surface area contributed by atoms with Gasteiger partial charge in [0.15, 0.2) is 0 Å². The maximum Gasteiger partial charge on any atom is 0.0445 e. The maximum atomic E-state index is 9.80. The molecule has 1 aliphatic rings. The SMILES string of the molecule is O=[C-]C1CCOC1.[Rh]. The first kappa shape index (κ1) is 8.25. The molecule has 0 spiro atoms. The van der Waals surface area contributed by atoms with Crippen molar-refractivity contribution in [3.05, 3.63) is 0 Å². The van der Waals surface area contributed by atoms with Crippen LogP contribution in [0.3, 0.4) is 0 Å². The summed E-state index contributed by atoms with van der Waals surface area (Å²) in [6.45, 7) is 1.32. The summed E-state index contributed by atoms with van der Waals surface area (Å²) >= 11 is 0. The van der Waals surface area contributed by atoms with E-state index < -0.39 is 0 Å². The van der Waals surface area contributed by atoms with Gasteiger partial charge in [-0.2, -0.15) is 0 Å². The van der Waals surface area contributed by atoms with Crippen molar-refractivity contribution in [3.8, 4) is 0 Å². The summed E-state index contributed by atoms with van der Waals surface area (Å²) in [6, 6.07) is 0. The van der Waals surface area contributed by atoms with Gasteiger partial charge in [0.2, 0.25) is 0 Å². The molecule has 3 heteroatoms. The van der Waals surface area contributed by atoms with Crippen molar-refractivity contribution in [2.24, 2.45) is 5.92 Å². The van der Waals surface area contributed by atoms with E-state index in [0.29, 0.717) is 6.61 Å². The van der Waals surface area contributed by atoms with Crippen LogP contribution in [0.2, 0.25) is 0 Å². The summed E-state index contributed by atoms with van der Waals surface area (Å²) in [6.07, 6.45) is 2.75. The molecule has 0 bridgehead atoms. The van der Waals surface area contributed by atoms with Crippen LogP contribution in [-0.2, 0) is 29.0 Å². The molecule has 49 valence electrons. The first-order chi connectivity index (χ1) is 3.43. The van der Waals surface area contributed by atoms with E-state index in [4.69, 9.17) is 4.74 Å². The van der Waals surface area contributed by atoms with Crippen LogP contribution in [0.5, 0.6) is 0 Å². The predicted octanol–water partition coefficient (Wildman–Crippen LogP) is 0.130. The largest absolute Gasteiger partial charge is 0.541 e. The monoisotopic (exact) mass is 202 g/mol. The zero-order valence-electron chi connectivity index (χ0n) is 4.35. The molecule has 0 aromatic heterocycles. The van der Waals surface area contributed by atoms with Crippen molar-refractivity contribution in [2.45, 2.75) is 6.42 Å². The van der Waals surface area contributed by atoms with E-state index in [-0.39, 0.29) is 25.4 Å². The smallest absolute Gasteiger partial charge is 0.0445 e. The van der Waals surface area contributed by atoms with E-state index in [1.165, 1.54) is 0 Å². The van der Waals surface area contributed by atoms with Gasteiger partial charge in [-0.25, -0.2) is 0 Å². The summed E-state index contributed by atoms with van der Waals surface area (Å²) in [7, 11) is 0. The van der Waals surface area contributed by atoms with Crippen LogP contribution < -0.4 is 0 Å². The molecule has 0 amide bonds. The van der Waals surface area contributed by atoms with Crippen LogP contribution >= 0.6 is 0 Å². The molecule has 8 heavy (non-hydrogen) atoms. The molecule has 2 nitrogen and oxygen atoms in total. The molecule has 1 aliphatic heterocycles. The number of hydrogen-bond acceptors (Lipinski definition) is 2. The van der Waals surface area contributed by atoms with Crippen molar-refractivity contribution in [3.63, 3.8) is 0 Å². The topological polar surface area (TPSA) is 26.3 Å². The van der Waals surface area contributed by atoms with E-state index in [1.807, 2.05) is 6.29 Å². The Morgan fingerprint density at radius 2 is 2.38 bits per heavy atom. The minimum absolute atomic E-state index is 0. The molecule has 0 N–H and O–H groups in total. The standard InChI is InChI=1S/C5H7O2.Rh/c6-3-5-1-2-7-4-5;/h5H,1-2,4H2;/q-1;. The second-order valence-electron chi connectivity index (χ2n) is 1.68. The van der Waals surface area contributed by atoms with E-state index in [1.54, 1.807) is 0 Å². The van der Waals surface area contributed by atoms with E-state index in [2.05, 4.69) is 0 Å². The molecule has 0 aliphatic carbocycles. The van der Waals surface area contributed by atoms with Gasteiger partial charge in [0, 0.05) is 32.7 Å². The van der Waals surface area contributed by atoms with Crippen LogP contribution in [0.4, 0.5) is 0 Å². The molecule has 1 rings (SSSR count). The minimum atomic E-state index is 0. The van der Waals surface area contributed by atoms with Crippen molar-refractivity contribution in [1.29, 1.82) is 0 Å². The molecule has 1 saturated heterocycles. The Labute approximate surface area is 61.4 Å². The molecule has 0 saturated carbocycles. The predicted molar refractivity (Wildman–Crippen MR) is 24.6 cm³/mol. The molecule has 1 radical (unpaired) electrons. The summed E-state index contributed by atoms with van der Waals surface area (Å²) in [5.41, 5.74) is 0. The van der Waals surface area contributed by atoms with Crippen LogP contribution in [0.15, 0.2) is 0 Å². The zero-order chi connectivity index (χ0) is 5.11. The van der Waals surface area contributed by atoms with Gasteiger partial charge < -0.3 is 9.53 Å². The van der Waals surface area contributed by atoms with Crippen LogP contribution in [0.1, 0.15) is 6.42 Å². The first-order valence-electron chi connectivity index (χ1n) is 2.39. The fourth-order valence-electron chi connectivity index (χ4n) is 0.627. The van der Waals surface area contributed by atoms with Crippen molar-refractivity contribution in [1.82, 2.24) is 0 Å². The van der Waals surface area contributed by atoms with E-state index >= 15 is 0 Å². The van der Waals surface area contributed by atoms with Gasteiger partial charge in [-0.05, 0) is 6.42 Å². The van der Waals surface area contributed by atoms with Crippen molar-refractivity contribution >= 4 is 6.29 Å². The second kappa shape index (κ2) is 4.16. The van der Waals surface area contributed by atoms with Crippen molar-refractivity contribution < 1.29 is 29.0 Å². The molecular formula is C5H7O2Rh-. The van der Waals surface area contributed by atoms with Crippen LogP contribution in [-0.4, -0.2) is 19.5 Å². The van der Waals surface area contributed by atoms with Gasteiger partial charge in [0.05, 0.1) is 0 Å². The fourth-order valence-corrected chi connectivity index (χ4v) is 0.627.